The predicted octanol–water partition coefficient (Wildman–Crippen LogP) is 4.09. The van der Waals surface area contributed by atoms with Crippen molar-refractivity contribution in [1.82, 2.24) is 0 Å². The molecule has 0 saturated carbocycles. The summed E-state index contributed by atoms with van der Waals surface area (Å²) in [6, 6.07) is 11.7. The number of allylic oxidation sites excluding steroid dienone is 1. The van der Waals surface area contributed by atoms with Gasteiger partial charge in [-0.2, -0.15) is 0 Å². The van der Waals surface area contributed by atoms with Gasteiger partial charge in [0.25, 0.3) is 5.91 Å². The van der Waals surface area contributed by atoms with Crippen LogP contribution < -0.4 is 5.32 Å². The van der Waals surface area contributed by atoms with E-state index < -0.39 is 5.97 Å². The summed E-state index contributed by atoms with van der Waals surface area (Å²) in [5.74, 6) is -0.743. The maximum atomic E-state index is 12.4. The van der Waals surface area contributed by atoms with E-state index in [0.29, 0.717) is 22.5 Å². The van der Waals surface area contributed by atoms with Gasteiger partial charge in [0, 0.05) is 11.1 Å². The lowest BCUT2D eigenvalue weighted by atomic mass is 10.1. The summed E-state index contributed by atoms with van der Waals surface area (Å²) in [6.45, 7) is 5.47. The standard InChI is InChI=1S/C19H18N2O3/c1-4-6-13-7-5-8-16(17(13)20-2)21-18(22)14-9-11-15(12-10-14)19(23)24-3/h4-12H,2H2,1,3H3,(H,21,22)/b6-4-. The van der Waals surface area contributed by atoms with Crippen LogP contribution in [0.5, 0.6) is 0 Å². The average Bonchev–Trinajstić information content (AvgIpc) is 2.61. The molecular weight excluding hydrogens is 304 g/mol. The molecule has 0 aliphatic rings. The normalized spacial score (nSPS) is 10.4. The Morgan fingerprint density at radius 1 is 1.12 bits per heavy atom. The molecule has 0 bridgehead atoms. The van der Waals surface area contributed by atoms with Crippen LogP contribution in [0.25, 0.3) is 6.08 Å². The highest BCUT2D eigenvalue weighted by atomic mass is 16.5. The summed E-state index contributed by atoms with van der Waals surface area (Å²) < 4.78 is 4.63. The zero-order valence-corrected chi connectivity index (χ0v) is 13.6. The van der Waals surface area contributed by atoms with Crippen molar-refractivity contribution in [3.63, 3.8) is 0 Å². The van der Waals surface area contributed by atoms with E-state index in [-0.39, 0.29) is 5.91 Å². The molecule has 0 aliphatic carbocycles. The smallest absolute Gasteiger partial charge is 0.337 e. The first-order valence-electron chi connectivity index (χ1n) is 7.33. The number of anilines is 1. The molecule has 24 heavy (non-hydrogen) atoms. The minimum atomic E-state index is -0.445. The van der Waals surface area contributed by atoms with E-state index in [2.05, 4.69) is 21.8 Å². The zero-order valence-electron chi connectivity index (χ0n) is 13.6. The maximum absolute atomic E-state index is 12.4. The molecule has 0 spiro atoms. The Hall–Kier alpha value is -3.21. The third kappa shape index (κ3) is 3.76. The number of carbonyl (C=O) groups is 2. The van der Waals surface area contributed by atoms with Crippen LogP contribution in [0.1, 0.15) is 33.2 Å². The molecule has 0 aliphatic heterocycles. The van der Waals surface area contributed by atoms with Crippen molar-refractivity contribution in [3.8, 4) is 0 Å². The lowest BCUT2D eigenvalue weighted by Gasteiger charge is -2.10. The molecule has 2 aromatic carbocycles. The maximum Gasteiger partial charge on any atom is 0.337 e. The highest BCUT2D eigenvalue weighted by Gasteiger charge is 2.12. The number of ether oxygens (including phenoxy) is 1. The topological polar surface area (TPSA) is 67.8 Å². The van der Waals surface area contributed by atoms with E-state index >= 15 is 0 Å². The number of hydrogen-bond acceptors (Lipinski definition) is 4. The Bertz CT molecular complexity index is 793. The van der Waals surface area contributed by atoms with E-state index in [1.165, 1.54) is 7.11 Å². The van der Waals surface area contributed by atoms with E-state index in [9.17, 15) is 9.59 Å². The van der Waals surface area contributed by atoms with Crippen molar-refractivity contribution in [1.29, 1.82) is 0 Å². The quantitative estimate of drug-likeness (QED) is 0.666. The summed E-state index contributed by atoms with van der Waals surface area (Å²) in [6.07, 6.45) is 3.78. The summed E-state index contributed by atoms with van der Waals surface area (Å²) in [4.78, 5) is 27.8. The summed E-state index contributed by atoms with van der Waals surface area (Å²) >= 11 is 0. The monoisotopic (exact) mass is 322 g/mol. The fourth-order valence-corrected chi connectivity index (χ4v) is 2.22. The Morgan fingerprint density at radius 2 is 1.79 bits per heavy atom. The molecule has 0 saturated heterocycles. The molecule has 5 nitrogen and oxygen atoms in total. The largest absolute Gasteiger partial charge is 0.465 e. The molecule has 1 amide bonds. The number of benzene rings is 2. The Kier molecular flexibility index (Phi) is 5.63. The second kappa shape index (κ2) is 7.87. The van der Waals surface area contributed by atoms with Crippen molar-refractivity contribution in [2.24, 2.45) is 4.99 Å². The van der Waals surface area contributed by atoms with Gasteiger partial charge in [0.05, 0.1) is 24.0 Å². The van der Waals surface area contributed by atoms with Gasteiger partial charge in [-0.15, -0.1) is 0 Å². The van der Waals surface area contributed by atoms with E-state index in [1.54, 1.807) is 30.3 Å². The Balaban J connectivity index is 2.25. The minimum absolute atomic E-state index is 0.297. The molecule has 0 radical (unpaired) electrons. The molecule has 5 heteroatoms. The third-order valence-electron chi connectivity index (χ3n) is 3.39. The van der Waals surface area contributed by atoms with Crippen molar-refractivity contribution in [2.45, 2.75) is 6.92 Å². The number of hydrogen-bond donors (Lipinski definition) is 1. The fourth-order valence-electron chi connectivity index (χ4n) is 2.22. The molecule has 0 unspecified atom stereocenters. The first kappa shape index (κ1) is 17.1. The van der Waals surface area contributed by atoms with Gasteiger partial charge in [0.1, 0.15) is 0 Å². The number of carbonyl (C=O) groups excluding carboxylic acids is 2. The number of nitrogens with one attached hydrogen (secondary N) is 1. The zero-order chi connectivity index (χ0) is 17.5. The average molecular weight is 322 g/mol. The van der Waals surface area contributed by atoms with Crippen molar-refractivity contribution < 1.29 is 14.3 Å². The number of para-hydroxylation sites is 1. The number of rotatable bonds is 5. The Morgan fingerprint density at radius 3 is 2.38 bits per heavy atom. The molecule has 0 atom stereocenters. The summed E-state index contributed by atoms with van der Waals surface area (Å²) in [5.41, 5.74) is 2.86. The van der Waals surface area contributed by atoms with Gasteiger partial charge in [0.2, 0.25) is 0 Å². The first-order valence-corrected chi connectivity index (χ1v) is 7.33. The van der Waals surface area contributed by atoms with Crippen molar-refractivity contribution >= 4 is 36.0 Å². The van der Waals surface area contributed by atoms with E-state index in [1.807, 2.05) is 31.2 Å². The molecule has 0 heterocycles. The SMILES string of the molecule is C=Nc1c(/C=C\C)cccc1NC(=O)c1ccc(C(=O)OC)cc1. The summed E-state index contributed by atoms with van der Waals surface area (Å²) in [5, 5.41) is 2.82. The van der Waals surface area contributed by atoms with Gasteiger partial charge >= 0.3 is 5.97 Å². The van der Waals surface area contributed by atoms with Gasteiger partial charge in [0.15, 0.2) is 0 Å². The van der Waals surface area contributed by atoms with Gasteiger partial charge in [-0.3, -0.25) is 9.79 Å². The van der Waals surface area contributed by atoms with Crippen LogP contribution in [-0.4, -0.2) is 25.7 Å². The van der Waals surface area contributed by atoms with Crippen molar-refractivity contribution in [2.75, 3.05) is 12.4 Å². The molecule has 2 aromatic rings. The predicted molar refractivity (Wildman–Crippen MR) is 96.1 cm³/mol. The van der Waals surface area contributed by atoms with Gasteiger partial charge in [-0.1, -0.05) is 24.3 Å². The highest BCUT2D eigenvalue weighted by Crippen LogP contribution is 2.30. The fraction of sp³-hybridized carbons (Fsp3) is 0.105. The summed E-state index contributed by atoms with van der Waals surface area (Å²) in [7, 11) is 1.31. The molecule has 2 rings (SSSR count). The number of esters is 1. The number of amides is 1. The number of nitrogens with zero attached hydrogens (tertiary/aromatic N) is 1. The number of methoxy groups -OCH3 is 1. The van der Waals surface area contributed by atoms with Crippen LogP contribution in [0.3, 0.4) is 0 Å². The molecule has 122 valence electrons. The second-order valence-electron chi connectivity index (χ2n) is 4.92. The van der Waals surface area contributed by atoms with Crippen LogP contribution >= 0.6 is 0 Å². The third-order valence-corrected chi connectivity index (χ3v) is 3.39. The number of aliphatic imine (C=N–C) groups is 1. The van der Waals surface area contributed by atoms with E-state index in [4.69, 9.17) is 0 Å². The van der Waals surface area contributed by atoms with Crippen LogP contribution in [0.2, 0.25) is 0 Å². The van der Waals surface area contributed by atoms with E-state index in [0.717, 1.165) is 5.56 Å². The highest BCUT2D eigenvalue weighted by molar-refractivity contribution is 6.06. The second-order valence-corrected chi connectivity index (χ2v) is 4.92. The van der Waals surface area contributed by atoms with Crippen molar-refractivity contribution in [3.05, 3.63) is 65.2 Å². The molecule has 0 fully saturated rings. The minimum Gasteiger partial charge on any atom is -0.465 e. The van der Waals surface area contributed by atoms with Crippen LogP contribution in [-0.2, 0) is 4.74 Å². The first-order chi connectivity index (χ1) is 11.6. The van der Waals surface area contributed by atoms with Crippen LogP contribution in [0.15, 0.2) is 53.5 Å². The van der Waals surface area contributed by atoms with Crippen LogP contribution in [0, 0.1) is 0 Å². The van der Waals surface area contributed by atoms with Gasteiger partial charge < -0.3 is 10.1 Å². The molecule has 0 aromatic heterocycles. The lowest BCUT2D eigenvalue weighted by Crippen LogP contribution is -2.12. The molecule has 1 N–H and O–H groups in total. The van der Waals surface area contributed by atoms with Crippen LogP contribution in [0.4, 0.5) is 11.4 Å². The Labute approximate surface area is 140 Å². The molecular formula is C19H18N2O3. The van der Waals surface area contributed by atoms with Gasteiger partial charge in [-0.25, -0.2) is 4.79 Å². The lowest BCUT2D eigenvalue weighted by molar-refractivity contribution is 0.0600. The van der Waals surface area contributed by atoms with Gasteiger partial charge in [-0.05, 0) is 44.0 Å².